The number of carbonyl (C=O) groups excluding carboxylic acids is 5. The highest BCUT2D eigenvalue weighted by molar-refractivity contribution is 7.55. The number of nitrogens with one attached hydrogen (secondary N) is 2. The van der Waals surface area contributed by atoms with Gasteiger partial charge in [-0.05, 0) is 98.1 Å². The van der Waals surface area contributed by atoms with Gasteiger partial charge in [-0.2, -0.15) is 0 Å². The number of fused-ring (bicyclic) bond motifs is 1. The Kier molecular flexibility index (Phi) is 33.6. The summed E-state index contributed by atoms with van der Waals surface area (Å²) < 4.78 is 39.8. The molecule has 31 heteroatoms. The van der Waals surface area contributed by atoms with E-state index in [0.29, 0.717) is 65.9 Å². The second kappa shape index (κ2) is 36.7. The molecular formula is C51H58Cl9N8O13P. The molecule has 21 nitrogen and oxygen atoms in total. The second-order valence-corrected chi connectivity index (χ2v) is 21.8. The zero-order valence-corrected chi connectivity index (χ0v) is 54.2. The van der Waals surface area contributed by atoms with Crippen LogP contribution in [0.2, 0.25) is 45.7 Å². The van der Waals surface area contributed by atoms with Crippen molar-refractivity contribution in [3.05, 3.63) is 144 Å². The molecule has 6 rings (SSSR count). The molecule has 1 unspecified atom stereocenters. The number of aromatic nitrogens is 6. The van der Waals surface area contributed by atoms with Gasteiger partial charge < -0.3 is 43.4 Å². The van der Waals surface area contributed by atoms with Gasteiger partial charge in [-0.3, -0.25) is 14.3 Å². The summed E-state index contributed by atoms with van der Waals surface area (Å²) in [4.78, 5) is 79.9. The highest BCUT2D eigenvalue weighted by Gasteiger charge is 2.42. The summed E-state index contributed by atoms with van der Waals surface area (Å²) in [5, 5.41) is 15.0. The molecule has 0 aliphatic rings. The smallest absolute Gasteiger partial charge is 0.358 e. The molecule has 6 aromatic rings. The van der Waals surface area contributed by atoms with Crippen LogP contribution in [-0.4, -0.2) is 139 Å². The molecule has 3 N–H and O–H groups in total. The van der Waals surface area contributed by atoms with E-state index in [9.17, 15) is 28.5 Å². The lowest BCUT2D eigenvalue weighted by Gasteiger charge is -2.26. The SMILES string of the molecule is CCOC(=O)c1c(Cl)cc(C)nc1Cl.CN/C(=C/c1c(Cl)cc(C)nc1Cl)C(=O)OC.COC(=O)C(N(C)C)P(=O)(OC)OC.COC(=O)c1cc2c(Cl)cc(C)nc2[nH]1.Cc1cc(Cl)c(C=O)c(Cl)n1.Cc1cc(Cl)c(CO)c(Cl)n1. The van der Waals surface area contributed by atoms with E-state index in [4.69, 9.17) is 123 Å². The first-order valence-corrected chi connectivity index (χ1v) is 28.1. The number of esters is 4. The largest absolute Gasteiger partial charge is 0.467 e. The van der Waals surface area contributed by atoms with Crippen molar-refractivity contribution in [2.75, 3.05) is 63.3 Å². The first-order chi connectivity index (χ1) is 38.4. The van der Waals surface area contributed by atoms with Crippen molar-refractivity contribution in [1.29, 1.82) is 0 Å². The Morgan fingerprint density at radius 2 is 1.11 bits per heavy atom. The third-order valence-electron chi connectivity index (χ3n) is 9.89. The van der Waals surface area contributed by atoms with Crippen molar-refractivity contribution in [3.63, 3.8) is 0 Å². The summed E-state index contributed by atoms with van der Waals surface area (Å²) in [6.07, 6.45) is 2.10. The average Bonchev–Trinajstić information content (AvgIpc) is 4.02. The molecule has 6 heterocycles. The minimum atomic E-state index is -3.47. The fourth-order valence-corrected chi connectivity index (χ4v) is 10.5. The molecule has 448 valence electrons. The molecule has 0 amide bonds. The van der Waals surface area contributed by atoms with Crippen molar-refractivity contribution in [3.8, 4) is 0 Å². The highest BCUT2D eigenvalue weighted by Crippen LogP contribution is 2.52. The standard InChI is InChI=1S/C11H12Cl2N2O2.C10H9ClN2O2.C9H9Cl2NO2.C7H7Cl2NO.C7H5Cl2NO.C7H16NO5P/c1-6-4-8(12)7(10(13)15-6)5-9(14-2)11(16)17-3;1-5-3-7(11)6-4-8(10(14)15-2)13-9(6)12-5;1-3-14-9(13)7-6(10)4-5(2)12-8(7)11;2*1-4-2-6(8)5(3-11)7(9)10-4;1-8(2)6(7(9)11-3)14(10,12-4)13-5/h4-5,14H,1-3H3;3-4H,1-2H3,(H,12,13);4H,3H2,1-2H3;2,11H,3H2,1H3;2-3H,1H3;6H,1-5H3/b9-5+;;;;;. The fraction of sp³-hybridized carbons (Fsp3) is 0.333. The number of aliphatic hydroxyl groups excluding tert-OH is 1. The van der Waals surface area contributed by atoms with Gasteiger partial charge >= 0.3 is 31.5 Å². The van der Waals surface area contributed by atoms with E-state index in [1.165, 1.54) is 46.5 Å². The molecule has 0 spiro atoms. The van der Waals surface area contributed by atoms with Gasteiger partial charge in [-0.15, -0.1) is 0 Å². The van der Waals surface area contributed by atoms with E-state index in [1.807, 2.05) is 6.92 Å². The number of aliphatic hydroxyl groups is 1. The molecule has 0 radical (unpaired) electrons. The lowest BCUT2D eigenvalue weighted by Crippen LogP contribution is -2.37. The highest BCUT2D eigenvalue weighted by atomic mass is 35.5. The predicted molar refractivity (Wildman–Crippen MR) is 321 cm³/mol. The van der Waals surface area contributed by atoms with Crippen molar-refractivity contribution in [2.45, 2.75) is 53.9 Å². The summed E-state index contributed by atoms with van der Waals surface area (Å²) >= 11 is 52.3. The van der Waals surface area contributed by atoms with Crippen LogP contribution in [0.25, 0.3) is 17.1 Å². The zero-order valence-electron chi connectivity index (χ0n) is 46.5. The van der Waals surface area contributed by atoms with Gasteiger partial charge in [0.25, 0.3) is 0 Å². The van der Waals surface area contributed by atoms with Crippen LogP contribution in [0.1, 0.15) is 77.7 Å². The summed E-state index contributed by atoms with van der Waals surface area (Å²) in [7, 11) is 7.61. The normalized spacial score (nSPS) is 11.1. The fourth-order valence-electron chi connectivity index (χ4n) is 6.09. The lowest BCUT2D eigenvalue weighted by molar-refractivity contribution is -0.143. The summed E-state index contributed by atoms with van der Waals surface area (Å²) in [5.74, 6) is -3.17. The minimum absolute atomic E-state index is 0.0773. The first-order valence-electron chi connectivity index (χ1n) is 23.1. The number of aryl methyl sites for hydroxylation is 5. The Hall–Kier alpha value is -4.94. The van der Waals surface area contributed by atoms with Crippen LogP contribution in [0.5, 0.6) is 0 Å². The monoisotopic (exact) mass is 1340 g/mol. The van der Waals surface area contributed by atoms with Gasteiger partial charge in [-0.1, -0.05) is 104 Å². The summed E-state index contributed by atoms with van der Waals surface area (Å²) in [5.41, 5.74) is 6.16. The number of aldehydes is 1. The van der Waals surface area contributed by atoms with Crippen molar-refractivity contribution >= 4 is 159 Å². The molecule has 0 fully saturated rings. The van der Waals surface area contributed by atoms with E-state index in [-0.39, 0.29) is 55.7 Å². The third-order valence-corrected chi connectivity index (χ3v) is 14.9. The van der Waals surface area contributed by atoms with Gasteiger partial charge in [0.05, 0.1) is 65.2 Å². The van der Waals surface area contributed by atoms with Gasteiger partial charge in [-0.25, -0.2) is 44.1 Å². The van der Waals surface area contributed by atoms with Crippen LogP contribution in [0.4, 0.5) is 0 Å². The number of hydrogen-bond acceptors (Lipinski definition) is 20. The van der Waals surface area contributed by atoms with Gasteiger partial charge in [0.1, 0.15) is 43.2 Å². The molecular weight excluding hydrogens is 1280 g/mol. The summed E-state index contributed by atoms with van der Waals surface area (Å²) in [6, 6.07) is 9.88. The maximum Gasteiger partial charge on any atom is 0.358 e. The molecule has 0 aliphatic heterocycles. The minimum Gasteiger partial charge on any atom is -0.467 e. The number of aromatic amines is 1. The van der Waals surface area contributed by atoms with Crippen LogP contribution in [-0.2, 0) is 48.8 Å². The Labute approximate surface area is 519 Å². The van der Waals surface area contributed by atoms with E-state index in [0.717, 1.165) is 16.8 Å². The Morgan fingerprint density at radius 3 is 1.51 bits per heavy atom. The lowest BCUT2D eigenvalue weighted by atomic mass is 10.2. The first kappa shape index (κ1) is 75.1. The molecule has 1 atom stereocenters. The predicted octanol–water partition coefficient (Wildman–Crippen LogP) is 12.8. The maximum atomic E-state index is 11.9. The average molecular weight is 1340 g/mol. The quantitative estimate of drug-likeness (QED) is 0.0242. The molecule has 0 bridgehead atoms. The number of carbonyl (C=O) groups is 5. The van der Waals surface area contributed by atoms with Crippen LogP contribution in [0.3, 0.4) is 0 Å². The van der Waals surface area contributed by atoms with Crippen LogP contribution >= 0.6 is 112 Å². The number of ether oxygens (including phenoxy) is 4. The van der Waals surface area contributed by atoms with Gasteiger partial charge in [0.2, 0.25) is 5.78 Å². The maximum absolute atomic E-state index is 11.9. The number of hydrogen-bond donors (Lipinski definition) is 3. The number of nitrogens with zero attached hydrogens (tertiary/aromatic N) is 6. The molecule has 82 heavy (non-hydrogen) atoms. The molecule has 0 saturated carbocycles. The van der Waals surface area contributed by atoms with E-state index in [1.54, 1.807) is 92.2 Å². The van der Waals surface area contributed by atoms with Crippen molar-refractivity contribution in [1.82, 2.24) is 40.1 Å². The Balaban J connectivity index is 0.000000495. The van der Waals surface area contributed by atoms with Crippen LogP contribution in [0, 0.1) is 34.6 Å². The van der Waals surface area contributed by atoms with Gasteiger partial charge in [0, 0.05) is 66.3 Å². The van der Waals surface area contributed by atoms with E-state index >= 15 is 0 Å². The topological polar surface area (TPSA) is 274 Å². The third kappa shape index (κ3) is 22.9. The number of halogens is 9. The second-order valence-electron chi connectivity index (χ2n) is 16.1. The van der Waals surface area contributed by atoms with Crippen LogP contribution < -0.4 is 5.32 Å². The van der Waals surface area contributed by atoms with E-state index < -0.39 is 37.3 Å². The number of likely N-dealkylation sites (N-methyl/N-ethyl adjacent to an activating group) is 2. The van der Waals surface area contributed by atoms with Crippen LogP contribution in [0.15, 0.2) is 42.1 Å². The Bertz CT molecular complexity index is 3180. The Morgan fingerprint density at radius 1 is 0.646 bits per heavy atom. The summed E-state index contributed by atoms with van der Waals surface area (Å²) in [6.45, 7) is 10.7. The molecule has 0 saturated heterocycles. The molecule has 0 aromatic carbocycles. The number of pyridine rings is 5. The number of H-pyrrole nitrogens is 1. The molecule has 0 aliphatic carbocycles. The van der Waals surface area contributed by atoms with Crippen molar-refractivity contribution in [2.24, 2.45) is 0 Å². The number of rotatable bonds is 13. The van der Waals surface area contributed by atoms with E-state index in [2.05, 4.69) is 49.4 Å². The van der Waals surface area contributed by atoms with Gasteiger partial charge in [0.15, 0.2) is 6.29 Å². The molecule has 6 aromatic heterocycles. The number of methoxy groups -OCH3 is 3. The van der Waals surface area contributed by atoms with Crippen molar-refractivity contribution < 1.29 is 61.6 Å². The zero-order chi connectivity index (χ0) is 62.9.